The van der Waals surface area contributed by atoms with Crippen molar-refractivity contribution in [3.8, 4) is 0 Å². The summed E-state index contributed by atoms with van der Waals surface area (Å²) in [5.41, 5.74) is 6.19. The van der Waals surface area contributed by atoms with Gasteiger partial charge in [-0.1, -0.05) is 12.1 Å². The molecule has 0 saturated carbocycles. The molecule has 0 aliphatic carbocycles. The predicted octanol–water partition coefficient (Wildman–Crippen LogP) is 2.97. The molecule has 1 rings (SSSR count). The SMILES string of the molecule is CC(C)(C)OC(=O)NN(C(=O)OC(C)(C)C)c1ccccc1C(N)=O. The maximum atomic E-state index is 12.5. The summed E-state index contributed by atoms with van der Waals surface area (Å²) in [7, 11) is 0. The number of nitrogens with one attached hydrogen (secondary N) is 1. The van der Waals surface area contributed by atoms with Crippen LogP contribution in [0.15, 0.2) is 24.3 Å². The van der Waals surface area contributed by atoms with E-state index in [0.717, 1.165) is 5.01 Å². The lowest BCUT2D eigenvalue weighted by molar-refractivity contribution is 0.0425. The third kappa shape index (κ3) is 6.70. The van der Waals surface area contributed by atoms with Crippen LogP contribution in [0.2, 0.25) is 0 Å². The number of nitrogens with two attached hydrogens (primary N) is 1. The van der Waals surface area contributed by atoms with Crippen LogP contribution >= 0.6 is 0 Å². The molecule has 0 fully saturated rings. The molecule has 8 heteroatoms. The van der Waals surface area contributed by atoms with Gasteiger partial charge in [-0.3, -0.25) is 4.79 Å². The molecule has 3 N–H and O–H groups in total. The van der Waals surface area contributed by atoms with E-state index in [1.54, 1.807) is 53.7 Å². The number of hydrogen-bond acceptors (Lipinski definition) is 5. The second kappa shape index (κ2) is 7.42. The summed E-state index contributed by atoms with van der Waals surface area (Å²) in [6.45, 7) is 10.1. The highest BCUT2D eigenvalue weighted by molar-refractivity contribution is 6.03. The van der Waals surface area contributed by atoms with Gasteiger partial charge in [0.25, 0.3) is 5.91 Å². The van der Waals surface area contributed by atoms with Gasteiger partial charge in [0.05, 0.1) is 11.3 Å². The average Bonchev–Trinajstić information content (AvgIpc) is 2.40. The van der Waals surface area contributed by atoms with Crippen LogP contribution in [0.3, 0.4) is 0 Å². The van der Waals surface area contributed by atoms with Crippen LogP contribution in [0, 0.1) is 0 Å². The van der Waals surface area contributed by atoms with Gasteiger partial charge in [0.2, 0.25) is 0 Å². The Kier molecular flexibility index (Phi) is 6.01. The molecule has 0 bridgehead atoms. The summed E-state index contributed by atoms with van der Waals surface area (Å²) in [6.07, 6.45) is -1.76. The molecule has 0 radical (unpaired) electrons. The van der Waals surface area contributed by atoms with Crippen LogP contribution < -0.4 is 16.2 Å². The molecule has 1 aromatic rings. The standard InChI is InChI=1S/C17H25N3O5/c1-16(2,3)24-14(22)19-20(15(23)25-17(4,5)6)12-10-8-7-9-11(12)13(18)21/h7-10H,1-6H3,(H2,18,21)(H,19,22). The Balaban J connectivity index is 3.23. The van der Waals surface area contributed by atoms with Gasteiger partial charge in [0, 0.05) is 0 Å². The summed E-state index contributed by atoms with van der Waals surface area (Å²) >= 11 is 0. The summed E-state index contributed by atoms with van der Waals surface area (Å²) < 4.78 is 10.4. The van der Waals surface area contributed by atoms with Gasteiger partial charge in [0.1, 0.15) is 11.2 Å². The first-order valence-corrected chi connectivity index (χ1v) is 7.72. The number of hydrogen-bond donors (Lipinski definition) is 2. The van der Waals surface area contributed by atoms with Gasteiger partial charge in [-0.15, -0.1) is 0 Å². The number of ether oxygens (including phenoxy) is 2. The van der Waals surface area contributed by atoms with Crippen molar-refractivity contribution in [3.63, 3.8) is 0 Å². The minimum Gasteiger partial charge on any atom is -0.443 e. The lowest BCUT2D eigenvalue weighted by Gasteiger charge is -2.29. The number of carbonyl (C=O) groups is 3. The number of amides is 3. The van der Waals surface area contributed by atoms with E-state index in [1.165, 1.54) is 12.1 Å². The first-order valence-electron chi connectivity index (χ1n) is 7.72. The van der Waals surface area contributed by atoms with E-state index in [9.17, 15) is 14.4 Å². The Hall–Kier alpha value is -2.77. The molecule has 25 heavy (non-hydrogen) atoms. The lowest BCUT2D eigenvalue weighted by Crippen LogP contribution is -2.50. The first-order chi connectivity index (χ1) is 11.3. The molecule has 0 spiro atoms. The number of nitrogens with zero attached hydrogens (tertiary/aromatic N) is 1. The van der Waals surface area contributed by atoms with E-state index in [4.69, 9.17) is 15.2 Å². The first kappa shape index (κ1) is 20.3. The fourth-order valence-electron chi connectivity index (χ4n) is 1.78. The average molecular weight is 351 g/mol. The normalized spacial score (nSPS) is 11.4. The van der Waals surface area contributed by atoms with E-state index >= 15 is 0 Å². The maximum Gasteiger partial charge on any atom is 0.434 e. The molecular weight excluding hydrogens is 326 g/mol. The number of anilines is 1. The van der Waals surface area contributed by atoms with Crippen molar-refractivity contribution in [2.75, 3.05) is 5.01 Å². The van der Waals surface area contributed by atoms with Gasteiger partial charge < -0.3 is 15.2 Å². The molecule has 3 amide bonds. The Morgan fingerprint density at radius 2 is 1.48 bits per heavy atom. The molecule has 0 heterocycles. The predicted molar refractivity (Wildman–Crippen MR) is 93.0 cm³/mol. The largest absolute Gasteiger partial charge is 0.443 e. The van der Waals surface area contributed by atoms with E-state index < -0.39 is 29.3 Å². The minimum absolute atomic E-state index is 0.0458. The van der Waals surface area contributed by atoms with Gasteiger partial charge in [-0.05, 0) is 53.7 Å². The van der Waals surface area contributed by atoms with Crippen LogP contribution in [0.1, 0.15) is 51.9 Å². The van der Waals surface area contributed by atoms with Crippen LogP contribution in [-0.4, -0.2) is 29.3 Å². The zero-order valence-corrected chi connectivity index (χ0v) is 15.4. The second-order valence-corrected chi connectivity index (χ2v) is 7.31. The zero-order chi connectivity index (χ0) is 19.4. The van der Waals surface area contributed by atoms with Crippen molar-refractivity contribution in [1.29, 1.82) is 0 Å². The van der Waals surface area contributed by atoms with Crippen molar-refractivity contribution in [3.05, 3.63) is 29.8 Å². The monoisotopic (exact) mass is 351 g/mol. The molecule has 1 aromatic carbocycles. The highest BCUT2D eigenvalue weighted by Gasteiger charge is 2.29. The summed E-state index contributed by atoms with van der Waals surface area (Å²) in [5.74, 6) is -0.754. The molecule has 0 unspecified atom stereocenters. The molecule has 0 aromatic heterocycles. The number of para-hydroxylation sites is 1. The smallest absolute Gasteiger partial charge is 0.434 e. The lowest BCUT2D eigenvalue weighted by atomic mass is 10.1. The Morgan fingerprint density at radius 3 is 1.96 bits per heavy atom. The van der Waals surface area contributed by atoms with Crippen molar-refractivity contribution in [2.24, 2.45) is 5.73 Å². The molecule has 138 valence electrons. The molecule has 0 aliphatic rings. The quantitative estimate of drug-likeness (QED) is 0.796. The molecule has 0 atom stereocenters. The van der Waals surface area contributed by atoms with E-state index in [0.29, 0.717) is 0 Å². The van der Waals surface area contributed by atoms with Gasteiger partial charge >= 0.3 is 12.2 Å². The zero-order valence-electron chi connectivity index (χ0n) is 15.4. The van der Waals surface area contributed by atoms with Crippen molar-refractivity contribution >= 4 is 23.8 Å². The van der Waals surface area contributed by atoms with Crippen LogP contribution in [0.25, 0.3) is 0 Å². The maximum absolute atomic E-state index is 12.5. The van der Waals surface area contributed by atoms with Crippen molar-refractivity contribution in [1.82, 2.24) is 5.43 Å². The Bertz CT molecular complexity index is 659. The van der Waals surface area contributed by atoms with Crippen LogP contribution in [0.4, 0.5) is 15.3 Å². The molecule has 8 nitrogen and oxygen atoms in total. The fraction of sp³-hybridized carbons (Fsp3) is 0.471. The highest BCUT2D eigenvalue weighted by Crippen LogP contribution is 2.21. The second-order valence-electron chi connectivity index (χ2n) is 7.31. The van der Waals surface area contributed by atoms with Gasteiger partial charge in [0.15, 0.2) is 0 Å². The third-order valence-corrected chi connectivity index (χ3v) is 2.59. The number of primary amides is 1. The molecular formula is C17H25N3O5. The number of carbonyl (C=O) groups excluding carboxylic acids is 3. The highest BCUT2D eigenvalue weighted by atomic mass is 16.6. The summed E-state index contributed by atoms with van der Waals surface area (Å²) in [6, 6.07) is 6.08. The topological polar surface area (TPSA) is 111 Å². The van der Waals surface area contributed by atoms with E-state index in [2.05, 4.69) is 5.43 Å². The van der Waals surface area contributed by atoms with Crippen molar-refractivity contribution in [2.45, 2.75) is 52.7 Å². The molecule has 0 aliphatic heterocycles. The van der Waals surface area contributed by atoms with E-state index in [-0.39, 0.29) is 11.3 Å². The summed E-state index contributed by atoms with van der Waals surface area (Å²) in [5, 5.41) is 0.805. The van der Waals surface area contributed by atoms with Crippen LogP contribution in [-0.2, 0) is 9.47 Å². The molecule has 0 saturated heterocycles. The number of rotatable bonds is 2. The van der Waals surface area contributed by atoms with Crippen molar-refractivity contribution < 1.29 is 23.9 Å². The third-order valence-electron chi connectivity index (χ3n) is 2.59. The fourth-order valence-corrected chi connectivity index (χ4v) is 1.78. The summed E-state index contributed by atoms with van der Waals surface area (Å²) in [4.78, 5) is 36.3. The van der Waals surface area contributed by atoms with Gasteiger partial charge in [-0.25, -0.2) is 15.0 Å². The minimum atomic E-state index is -0.882. The number of hydrazine groups is 1. The van der Waals surface area contributed by atoms with E-state index in [1.807, 2.05) is 0 Å². The van der Waals surface area contributed by atoms with Crippen LogP contribution in [0.5, 0.6) is 0 Å². The van der Waals surface area contributed by atoms with Gasteiger partial charge in [-0.2, -0.15) is 5.01 Å². The Labute approximate surface area is 147 Å². The number of benzene rings is 1. The Morgan fingerprint density at radius 1 is 0.960 bits per heavy atom.